The summed E-state index contributed by atoms with van der Waals surface area (Å²) in [6, 6.07) is 25.5. The molecule has 0 saturated heterocycles. The van der Waals surface area contributed by atoms with E-state index < -0.39 is 0 Å². The van der Waals surface area contributed by atoms with Crippen LogP contribution >= 0.6 is 11.8 Å². The Morgan fingerprint density at radius 3 is 2.55 bits per heavy atom. The minimum absolute atomic E-state index is 0.0607. The molecule has 33 heavy (non-hydrogen) atoms. The Balaban J connectivity index is 1.41. The maximum absolute atomic E-state index is 13.4. The molecule has 1 aromatic heterocycles. The van der Waals surface area contributed by atoms with Crippen molar-refractivity contribution in [3.05, 3.63) is 96.3 Å². The molecule has 5 rings (SSSR count). The van der Waals surface area contributed by atoms with Crippen molar-refractivity contribution in [1.82, 2.24) is 15.0 Å². The third kappa shape index (κ3) is 4.45. The van der Waals surface area contributed by atoms with Crippen LogP contribution in [0.5, 0.6) is 5.75 Å². The van der Waals surface area contributed by atoms with Gasteiger partial charge in [0, 0.05) is 11.8 Å². The van der Waals surface area contributed by atoms with Gasteiger partial charge < -0.3 is 4.74 Å². The van der Waals surface area contributed by atoms with Crippen LogP contribution in [0, 0.1) is 0 Å². The maximum Gasteiger partial charge on any atom is 0.253 e. The van der Waals surface area contributed by atoms with Crippen LogP contribution in [-0.2, 0) is 4.79 Å². The van der Waals surface area contributed by atoms with Gasteiger partial charge in [-0.05, 0) is 29.3 Å². The van der Waals surface area contributed by atoms with E-state index in [4.69, 9.17) is 9.84 Å². The van der Waals surface area contributed by atoms with Gasteiger partial charge in [-0.1, -0.05) is 72.4 Å². The van der Waals surface area contributed by atoms with Crippen molar-refractivity contribution in [3.63, 3.8) is 0 Å². The molecule has 0 radical (unpaired) electrons. The molecule has 4 aromatic rings. The van der Waals surface area contributed by atoms with Crippen LogP contribution in [-0.4, -0.2) is 39.5 Å². The number of carbonyl (C=O) groups is 1. The fourth-order valence-electron chi connectivity index (χ4n) is 3.92. The lowest BCUT2D eigenvalue weighted by Crippen LogP contribution is -2.28. The number of thioether (sulfide) groups is 1. The number of rotatable bonds is 6. The molecule has 1 amide bonds. The molecule has 0 bridgehead atoms. The van der Waals surface area contributed by atoms with Crippen molar-refractivity contribution < 1.29 is 9.53 Å². The molecular formula is C26H22N4O2S. The molecule has 7 heteroatoms. The summed E-state index contributed by atoms with van der Waals surface area (Å²) in [5.74, 6) is 0.957. The third-order valence-corrected chi connectivity index (χ3v) is 6.60. The molecule has 1 atom stereocenters. The van der Waals surface area contributed by atoms with Gasteiger partial charge in [0.2, 0.25) is 0 Å². The van der Waals surface area contributed by atoms with E-state index in [0.717, 1.165) is 38.5 Å². The zero-order valence-electron chi connectivity index (χ0n) is 18.1. The molecule has 0 saturated carbocycles. The molecule has 2 heterocycles. The first-order valence-corrected chi connectivity index (χ1v) is 11.6. The summed E-state index contributed by atoms with van der Waals surface area (Å²) >= 11 is 1.41. The highest BCUT2D eigenvalue weighted by molar-refractivity contribution is 8.00. The van der Waals surface area contributed by atoms with Gasteiger partial charge in [0.25, 0.3) is 5.91 Å². The lowest BCUT2D eigenvalue weighted by Gasteiger charge is -2.22. The summed E-state index contributed by atoms with van der Waals surface area (Å²) in [6.07, 6.45) is 2.19. The van der Waals surface area contributed by atoms with Crippen molar-refractivity contribution in [2.24, 2.45) is 5.10 Å². The number of para-hydroxylation sites is 1. The predicted octanol–water partition coefficient (Wildman–Crippen LogP) is 5.11. The Morgan fingerprint density at radius 1 is 1.00 bits per heavy atom. The number of hydrogen-bond acceptors (Lipinski definition) is 6. The van der Waals surface area contributed by atoms with Crippen LogP contribution in [0.1, 0.15) is 23.6 Å². The van der Waals surface area contributed by atoms with E-state index in [0.29, 0.717) is 6.42 Å². The second-order valence-corrected chi connectivity index (χ2v) is 8.59. The number of benzene rings is 3. The molecule has 1 aliphatic rings. The molecule has 164 valence electrons. The number of amides is 1. The number of methoxy groups -OCH3 is 1. The highest BCUT2D eigenvalue weighted by atomic mass is 32.2. The van der Waals surface area contributed by atoms with Gasteiger partial charge in [0.15, 0.2) is 0 Å². The van der Waals surface area contributed by atoms with Crippen molar-refractivity contribution in [2.75, 3.05) is 12.9 Å². The number of nitrogens with zero attached hydrogens (tertiary/aromatic N) is 4. The molecule has 0 spiro atoms. The van der Waals surface area contributed by atoms with E-state index in [1.807, 2.05) is 78.9 Å². The second kappa shape index (κ2) is 9.42. The Labute approximate surface area is 196 Å². The number of hydrogen-bond donors (Lipinski definition) is 0. The highest BCUT2D eigenvalue weighted by Gasteiger charge is 2.33. The van der Waals surface area contributed by atoms with E-state index in [2.05, 4.69) is 9.97 Å². The molecule has 3 aromatic carbocycles. The lowest BCUT2D eigenvalue weighted by molar-refractivity contribution is -0.130. The second-order valence-electron chi connectivity index (χ2n) is 7.63. The van der Waals surface area contributed by atoms with Crippen molar-refractivity contribution >= 4 is 34.3 Å². The van der Waals surface area contributed by atoms with Gasteiger partial charge in [0.05, 0.1) is 30.1 Å². The van der Waals surface area contributed by atoms with E-state index in [9.17, 15) is 4.79 Å². The Morgan fingerprint density at radius 2 is 1.76 bits per heavy atom. The quantitative estimate of drug-likeness (QED) is 0.299. The van der Waals surface area contributed by atoms with Crippen molar-refractivity contribution in [3.8, 4) is 5.75 Å². The summed E-state index contributed by atoms with van der Waals surface area (Å²) in [5, 5.41) is 8.12. The molecular weight excluding hydrogens is 432 g/mol. The van der Waals surface area contributed by atoms with Gasteiger partial charge in [-0.15, -0.1) is 0 Å². The molecule has 6 nitrogen and oxygen atoms in total. The third-order valence-electron chi connectivity index (χ3n) is 5.61. The zero-order chi connectivity index (χ0) is 22.6. The molecule has 0 N–H and O–H groups in total. The number of aromatic nitrogens is 2. The lowest BCUT2D eigenvalue weighted by atomic mass is 9.98. The minimum atomic E-state index is -0.165. The average Bonchev–Trinajstić information content (AvgIpc) is 3.33. The van der Waals surface area contributed by atoms with Crippen LogP contribution in [0.25, 0.3) is 10.9 Å². The van der Waals surface area contributed by atoms with Crippen LogP contribution in [0.15, 0.2) is 95.3 Å². The van der Waals surface area contributed by atoms with Crippen LogP contribution in [0.4, 0.5) is 0 Å². The first-order valence-electron chi connectivity index (χ1n) is 10.6. The van der Waals surface area contributed by atoms with Gasteiger partial charge in [-0.25, -0.2) is 15.0 Å². The van der Waals surface area contributed by atoms with Gasteiger partial charge in [0.1, 0.15) is 17.1 Å². The van der Waals surface area contributed by atoms with Gasteiger partial charge in [-0.2, -0.15) is 5.10 Å². The van der Waals surface area contributed by atoms with E-state index in [1.54, 1.807) is 12.1 Å². The number of carbonyl (C=O) groups excluding carboxylic acids is 1. The van der Waals surface area contributed by atoms with Crippen LogP contribution in [0.3, 0.4) is 0 Å². The standard InChI is InChI=1S/C26H22N4O2S/c1-32-20-13-11-19(12-14-20)24-15-23(18-7-3-2-4-8-18)29-30(24)25(31)16-33-26-21-9-5-6-10-22(21)27-17-28-26/h2-14,17,24H,15-16H2,1H3/t24-/m1/s1. The first kappa shape index (κ1) is 21.2. The molecule has 0 aliphatic carbocycles. The summed E-state index contributed by atoms with van der Waals surface area (Å²) in [4.78, 5) is 22.1. The Hall–Kier alpha value is -3.71. The number of hydrazone groups is 1. The smallest absolute Gasteiger partial charge is 0.253 e. The summed E-state index contributed by atoms with van der Waals surface area (Å²) in [7, 11) is 1.64. The fraction of sp³-hybridized carbons (Fsp3) is 0.154. The average molecular weight is 455 g/mol. The van der Waals surface area contributed by atoms with Crippen LogP contribution < -0.4 is 4.74 Å². The van der Waals surface area contributed by atoms with E-state index >= 15 is 0 Å². The minimum Gasteiger partial charge on any atom is -0.497 e. The Kier molecular flexibility index (Phi) is 6.04. The fourth-order valence-corrected chi connectivity index (χ4v) is 4.76. The number of ether oxygens (including phenoxy) is 1. The normalized spacial score (nSPS) is 15.5. The molecule has 1 aliphatic heterocycles. The van der Waals surface area contributed by atoms with Crippen molar-refractivity contribution in [2.45, 2.75) is 17.5 Å². The summed E-state index contributed by atoms with van der Waals surface area (Å²) in [6.45, 7) is 0. The predicted molar refractivity (Wildman–Crippen MR) is 130 cm³/mol. The SMILES string of the molecule is COc1ccc([C@H]2CC(c3ccccc3)=NN2C(=O)CSc2ncnc3ccccc23)cc1. The highest BCUT2D eigenvalue weighted by Crippen LogP contribution is 2.35. The number of fused-ring (bicyclic) bond motifs is 1. The zero-order valence-corrected chi connectivity index (χ0v) is 18.9. The molecule has 0 fully saturated rings. The van der Waals surface area contributed by atoms with Crippen molar-refractivity contribution in [1.29, 1.82) is 0 Å². The molecule has 0 unspecified atom stereocenters. The topological polar surface area (TPSA) is 67.7 Å². The van der Waals surface area contributed by atoms with Gasteiger partial charge in [-0.3, -0.25) is 4.79 Å². The summed E-state index contributed by atoms with van der Waals surface area (Å²) < 4.78 is 5.29. The first-order chi connectivity index (χ1) is 16.2. The maximum atomic E-state index is 13.4. The van der Waals surface area contributed by atoms with Gasteiger partial charge >= 0.3 is 0 Å². The van der Waals surface area contributed by atoms with Crippen LogP contribution in [0.2, 0.25) is 0 Å². The van der Waals surface area contributed by atoms with E-state index in [-0.39, 0.29) is 17.7 Å². The summed E-state index contributed by atoms with van der Waals surface area (Å²) in [5.41, 5.74) is 3.82. The monoisotopic (exact) mass is 454 g/mol. The Bertz CT molecular complexity index is 1300. The largest absolute Gasteiger partial charge is 0.497 e. The van der Waals surface area contributed by atoms with E-state index in [1.165, 1.54) is 18.1 Å².